The molecule has 0 spiro atoms. The van der Waals surface area contributed by atoms with Crippen LogP contribution in [0, 0.1) is 11.3 Å². The maximum Gasteiger partial charge on any atom is 0.0947 e. The summed E-state index contributed by atoms with van der Waals surface area (Å²) in [6, 6.07) is 2.50. The number of hydrogen-bond donors (Lipinski definition) is 2. The molecule has 2 atom stereocenters. The highest BCUT2D eigenvalue weighted by Crippen LogP contribution is 2.10. The smallest absolute Gasteiger partial charge is 0.0947 e. The molecular weight excluding hydrogens is 226 g/mol. The van der Waals surface area contributed by atoms with Gasteiger partial charge in [0.25, 0.3) is 0 Å². The SMILES string of the molecule is CCC(C)n1ccc(CN(C)CC(C)C(=N)N)n1. The Bertz CT molecular complexity index is 384. The monoisotopic (exact) mass is 251 g/mol. The largest absolute Gasteiger partial charge is 0.387 e. The fourth-order valence-corrected chi connectivity index (χ4v) is 1.80. The Hall–Kier alpha value is -1.36. The summed E-state index contributed by atoms with van der Waals surface area (Å²) in [5.74, 6) is 0.332. The molecule has 1 aromatic heterocycles. The van der Waals surface area contributed by atoms with E-state index in [1.54, 1.807) is 0 Å². The van der Waals surface area contributed by atoms with Crippen molar-refractivity contribution in [2.45, 2.75) is 39.8 Å². The van der Waals surface area contributed by atoms with Gasteiger partial charge < -0.3 is 5.73 Å². The van der Waals surface area contributed by atoms with Gasteiger partial charge in [-0.3, -0.25) is 15.0 Å². The van der Waals surface area contributed by atoms with Crippen LogP contribution in [0.5, 0.6) is 0 Å². The second-order valence-electron chi connectivity index (χ2n) is 5.10. The summed E-state index contributed by atoms with van der Waals surface area (Å²) in [6.45, 7) is 7.87. The third kappa shape index (κ3) is 4.14. The highest BCUT2D eigenvalue weighted by atomic mass is 15.3. The van der Waals surface area contributed by atoms with Crippen LogP contribution >= 0.6 is 0 Å². The van der Waals surface area contributed by atoms with E-state index in [4.69, 9.17) is 11.1 Å². The van der Waals surface area contributed by atoms with Gasteiger partial charge in [-0.15, -0.1) is 0 Å². The van der Waals surface area contributed by atoms with Crippen molar-refractivity contribution in [2.24, 2.45) is 11.7 Å². The van der Waals surface area contributed by atoms with Gasteiger partial charge in [0.1, 0.15) is 0 Å². The van der Waals surface area contributed by atoms with E-state index in [1.807, 2.05) is 24.9 Å². The first-order valence-corrected chi connectivity index (χ1v) is 6.50. The summed E-state index contributed by atoms with van der Waals surface area (Å²) in [7, 11) is 2.03. The molecule has 0 aliphatic heterocycles. The van der Waals surface area contributed by atoms with Crippen LogP contribution < -0.4 is 5.73 Å². The van der Waals surface area contributed by atoms with Crippen LogP contribution in [0.1, 0.15) is 38.9 Å². The summed E-state index contributed by atoms with van der Waals surface area (Å²) < 4.78 is 2.01. The first-order valence-electron chi connectivity index (χ1n) is 6.50. The lowest BCUT2D eigenvalue weighted by atomic mass is 10.1. The number of nitrogens with two attached hydrogens (primary N) is 1. The van der Waals surface area contributed by atoms with Crippen LogP contribution in [0.2, 0.25) is 0 Å². The molecule has 0 saturated heterocycles. The molecule has 1 heterocycles. The second-order valence-corrected chi connectivity index (χ2v) is 5.10. The van der Waals surface area contributed by atoms with Gasteiger partial charge in [0.05, 0.1) is 11.5 Å². The van der Waals surface area contributed by atoms with Gasteiger partial charge in [-0.05, 0) is 26.5 Å². The lowest BCUT2D eigenvalue weighted by Crippen LogP contribution is -2.31. The van der Waals surface area contributed by atoms with Gasteiger partial charge in [0.15, 0.2) is 0 Å². The van der Waals surface area contributed by atoms with Gasteiger partial charge in [0.2, 0.25) is 0 Å². The summed E-state index contributed by atoms with van der Waals surface area (Å²) in [6.07, 6.45) is 3.12. The van der Waals surface area contributed by atoms with E-state index < -0.39 is 0 Å². The first kappa shape index (κ1) is 14.7. The van der Waals surface area contributed by atoms with Crippen molar-refractivity contribution in [3.8, 4) is 0 Å². The zero-order valence-electron chi connectivity index (χ0n) is 11.8. The number of aromatic nitrogens is 2. The summed E-state index contributed by atoms with van der Waals surface area (Å²) in [4.78, 5) is 2.15. The number of rotatable bonds is 7. The lowest BCUT2D eigenvalue weighted by Gasteiger charge is -2.19. The lowest BCUT2D eigenvalue weighted by molar-refractivity contribution is 0.300. The van der Waals surface area contributed by atoms with Gasteiger partial charge in [-0.1, -0.05) is 13.8 Å². The van der Waals surface area contributed by atoms with Crippen molar-refractivity contribution >= 4 is 5.84 Å². The minimum Gasteiger partial charge on any atom is -0.387 e. The van der Waals surface area contributed by atoms with Gasteiger partial charge >= 0.3 is 0 Å². The van der Waals surface area contributed by atoms with Gasteiger partial charge in [0, 0.05) is 31.2 Å². The molecule has 1 aromatic rings. The molecule has 0 radical (unpaired) electrons. The fraction of sp³-hybridized carbons (Fsp3) is 0.692. The number of nitrogens with one attached hydrogen (secondary N) is 1. The third-order valence-electron chi connectivity index (χ3n) is 3.25. The summed E-state index contributed by atoms with van der Waals surface area (Å²) in [5, 5.41) is 12.0. The fourth-order valence-electron chi connectivity index (χ4n) is 1.80. The topological polar surface area (TPSA) is 70.9 Å². The van der Waals surface area contributed by atoms with Crippen LogP contribution in [0.15, 0.2) is 12.3 Å². The highest BCUT2D eigenvalue weighted by Gasteiger charge is 2.11. The van der Waals surface area contributed by atoms with E-state index in [2.05, 4.69) is 29.9 Å². The molecule has 5 heteroatoms. The zero-order chi connectivity index (χ0) is 13.7. The van der Waals surface area contributed by atoms with Crippen LogP contribution in [0.25, 0.3) is 0 Å². The van der Waals surface area contributed by atoms with Gasteiger partial charge in [-0.2, -0.15) is 5.10 Å². The maximum atomic E-state index is 7.39. The molecule has 0 bridgehead atoms. The van der Waals surface area contributed by atoms with Crippen molar-refractivity contribution in [3.05, 3.63) is 18.0 Å². The minimum atomic E-state index is 0.0895. The van der Waals surface area contributed by atoms with Crippen molar-refractivity contribution in [1.29, 1.82) is 5.41 Å². The molecule has 1 rings (SSSR count). The number of hydrogen-bond acceptors (Lipinski definition) is 3. The molecule has 102 valence electrons. The molecule has 0 aromatic carbocycles. The molecule has 18 heavy (non-hydrogen) atoms. The number of amidine groups is 1. The molecule has 5 nitrogen and oxygen atoms in total. The first-order chi connectivity index (χ1) is 8.43. The predicted molar refractivity (Wildman–Crippen MR) is 74.6 cm³/mol. The minimum absolute atomic E-state index is 0.0895. The van der Waals surface area contributed by atoms with E-state index in [-0.39, 0.29) is 11.8 Å². The Morgan fingerprint density at radius 2 is 2.22 bits per heavy atom. The molecule has 0 fully saturated rings. The Labute approximate surface area is 109 Å². The number of nitrogens with zero attached hydrogens (tertiary/aromatic N) is 3. The predicted octanol–water partition coefficient (Wildman–Crippen LogP) is 1.86. The molecule has 3 N–H and O–H groups in total. The Balaban J connectivity index is 2.52. The van der Waals surface area contributed by atoms with E-state index >= 15 is 0 Å². The van der Waals surface area contributed by atoms with Crippen molar-refractivity contribution in [1.82, 2.24) is 14.7 Å². The second kappa shape index (κ2) is 6.54. The Kier molecular flexibility index (Phi) is 5.34. The van der Waals surface area contributed by atoms with Crippen molar-refractivity contribution in [3.63, 3.8) is 0 Å². The summed E-state index contributed by atoms with van der Waals surface area (Å²) >= 11 is 0. The van der Waals surface area contributed by atoms with Gasteiger partial charge in [-0.25, -0.2) is 0 Å². The molecule has 0 aliphatic rings. The van der Waals surface area contributed by atoms with Crippen LogP contribution in [-0.2, 0) is 6.54 Å². The highest BCUT2D eigenvalue weighted by molar-refractivity contribution is 5.79. The third-order valence-corrected chi connectivity index (χ3v) is 3.25. The van der Waals surface area contributed by atoms with Crippen molar-refractivity contribution in [2.75, 3.05) is 13.6 Å². The standard InChI is InChI=1S/C13H25N5/c1-5-11(3)18-7-6-12(16-18)9-17(4)8-10(2)13(14)15/h6-7,10-11H,5,8-9H2,1-4H3,(H3,14,15). The van der Waals surface area contributed by atoms with E-state index in [0.717, 1.165) is 25.2 Å². The zero-order valence-corrected chi connectivity index (χ0v) is 11.8. The summed E-state index contributed by atoms with van der Waals surface area (Å²) in [5.41, 5.74) is 6.54. The maximum absolute atomic E-state index is 7.39. The van der Waals surface area contributed by atoms with Crippen LogP contribution in [0.4, 0.5) is 0 Å². The molecule has 0 saturated carbocycles. The average Bonchev–Trinajstić information content (AvgIpc) is 2.76. The molecular formula is C13H25N5. The van der Waals surface area contributed by atoms with Crippen molar-refractivity contribution < 1.29 is 0 Å². The Morgan fingerprint density at radius 3 is 2.78 bits per heavy atom. The normalized spacial score (nSPS) is 14.7. The molecule has 2 unspecified atom stereocenters. The van der Waals surface area contributed by atoms with E-state index in [1.165, 1.54) is 0 Å². The van der Waals surface area contributed by atoms with Crippen LogP contribution in [0.3, 0.4) is 0 Å². The van der Waals surface area contributed by atoms with E-state index in [9.17, 15) is 0 Å². The van der Waals surface area contributed by atoms with Crippen LogP contribution in [-0.4, -0.2) is 34.1 Å². The van der Waals surface area contributed by atoms with E-state index in [0.29, 0.717) is 6.04 Å². The molecule has 0 amide bonds. The molecule has 0 aliphatic carbocycles. The Morgan fingerprint density at radius 1 is 1.56 bits per heavy atom. The quantitative estimate of drug-likeness (QED) is 0.574. The average molecular weight is 251 g/mol.